The Labute approximate surface area is 112 Å². The molecule has 3 nitrogen and oxygen atoms in total. The minimum Gasteiger partial charge on any atom is -0.398 e. The fourth-order valence-corrected chi connectivity index (χ4v) is 2.55. The summed E-state index contributed by atoms with van der Waals surface area (Å²) in [4.78, 5) is 4.36. The lowest BCUT2D eigenvalue weighted by molar-refractivity contribution is 0.400. The van der Waals surface area contributed by atoms with Crippen LogP contribution in [0.2, 0.25) is 0 Å². The van der Waals surface area contributed by atoms with E-state index in [1.54, 1.807) is 11.3 Å². The van der Waals surface area contributed by atoms with Crippen LogP contribution in [0.5, 0.6) is 0 Å². The molecule has 1 heterocycles. The molecule has 0 saturated heterocycles. The molecule has 0 atom stereocenters. The largest absolute Gasteiger partial charge is 0.398 e. The molecule has 0 aliphatic carbocycles. The lowest BCUT2D eigenvalue weighted by Crippen LogP contribution is -2.36. The van der Waals surface area contributed by atoms with Crippen molar-refractivity contribution in [2.45, 2.75) is 32.9 Å². The maximum absolute atomic E-state index is 5.98. The van der Waals surface area contributed by atoms with Crippen LogP contribution in [0.3, 0.4) is 0 Å². The molecule has 18 heavy (non-hydrogen) atoms. The average Bonchev–Trinajstić information content (AvgIpc) is 2.85. The first kappa shape index (κ1) is 13.1. The van der Waals surface area contributed by atoms with Crippen molar-refractivity contribution in [3.8, 4) is 0 Å². The SMILES string of the molecule is Cc1ccc(N)c(CNC(C)(C)c2nccs2)c1. The number of hydrogen-bond donors (Lipinski definition) is 2. The Morgan fingerprint density at radius 2 is 2.17 bits per heavy atom. The fraction of sp³-hybridized carbons (Fsp3) is 0.357. The highest BCUT2D eigenvalue weighted by atomic mass is 32.1. The van der Waals surface area contributed by atoms with Gasteiger partial charge in [0.1, 0.15) is 5.01 Å². The topological polar surface area (TPSA) is 50.9 Å². The number of nitrogens with one attached hydrogen (secondary N) is 1. The van der Waals surface area contributed by atoms with Crippen LogP contribution in [0.1, 0.15) is 30.0 Å². The van der Waals surface area contributed by atoms with Gasteiger partial charge in [0.05, 0.1) is 5.54 Å². The lowest BCUT2D eigenvalue weighted by atomic mass is 10.0. The second kappa shape index (κ2) is 5.08. The van der Waals surface area contributed by atoms with Crippen molar-refractivity contribution in [3.05, 3.63) is 45.9 Å². The Bertz CT molecular complexity index is 518. The van der Waals surface area contributed by atoms with Crippen molar-refractivity contribution in [1.29, 1.82) is 0 Å². The molecule has 0 saturated carbocycles. The molecule has 0 aliphatic rings. The molecule has 3 N–H and O–H groups in total. The van der Waals surface area contributed by atoms with E-state index in [0.717, 1.165) is 22.8 Å². The van der Waals surface area contributed by atoms with E-state index in [4.69, 9.17) is 5.73 Å². The summed E-state index contributed by atoms with van der Waals surface area (Å²) in [6.07, 6.45) is 1.84. The van der Waals surface area contributed by atoms with E-state index >= 15 is 0 Å². The van der Waals surface area contributed by atoms with Crippen LogP contribution in [0.4, 0.5) is 5.69 Å². The zero-order valence-corrected chi connectivity index (χ0v) is 11.8. The van der Waals surface area contributed by atoms with E-state index in [9.17, 15) is 0 Å². The zero-order chi connectivity index (χ0) is 13.2. The number of nitrogens with zero attached hydrogens (tertiary/aromatic N) is 1. The van der Waals surface area contributed by atoms with Gasteiger partial charge < -0.3 is 11.1 Å². The number of aryl methyl sites for hydroxylation is 1. The van der Waals surface area contributed by atoms with Gasteiger partial charge in [-0.05, 0) is 32.4 Å². The summed E-state index contributed by atoms with van der Waals surface area (Å²) in [6.45, 7) is 7.10. The Hall–Kier alpha value is -1.39. The summed E-state index contributed by atoms with van der Waals surface area (Å²) < 4.78 is 0. The van der Waals surface area contributed by atoms with E-state index < -0.39 is 0 Å². The average molecular weight is 261 g/mol. The standard InChI is InChI=1S/C14H19N3S/c1-10-4-5-12(15)11(8-10)9-17-14(2,3)13-16-6-7-18-13/h4-8,17H,9,15H2,1-3H3. The molecule has 0 bridgehead atoms. The monoisotopic (exact) mass is 261 g/mol. The lowest BCUT2D eigenvalue weighted by Gasteiger charge is -2.24. The van der Waals surface area contributed by atoms with Crippen molar-refractivity contribution in [3.63, 3.8) is 0 Å². The van der Waals surface area contributed by atoms with Crippen LogP contribution in [0, 0.1) is 6.92 Å². The third kappa shape index (κ3) is 2.89. The number of nitrogens with two attached hydrogens (primary N) is 1. The van der Waals surface area contributed by atoms with Crippen LogP contribution in [0.25, 0.3) is 0 Å². The molecule has 96 valence electrons. The molecule has 0 unspecified atom stereocenters. The maximum atomic E-state index is 5.98. The highest BCUT2D eigenvalue weighted by Crippen LogP contribution is 2.23. The summed E-state index contributed by atoms with van der Waals surface area (Å²) >= 11 is 1.67. The number of thiazole rings is 1. The van der Waals surface area contributed by atoms with E-state index in [0.29, 0.717) is 0 Å². The van der Waals surface area contributed by atoms with Gasteiger partial charge in [0, 0.05) is 23.8 Å². The molecular formula is C14H19N3S. The number of anilines is 1. The summed E-state index contributed by atoms with van der Waals surface area (Å²) in [5.41, 5.74) is 9.05. The summed E-state index contributed by atoms with van der Waals surface area (Å²) in [7, 11) is 0. The summed E-state index contributed by atoms with van der Waals surface area (Å²) in [5, 5.41) is 6.60. The molecule has 0 spiro atoms. The highest BCUT2D eigenvalue weighted by molar-refractivity contribution is 7.09. The van der Waals surface area contributed by atoms with Gasteiger partial charge in [0.2, 0.25) is 0 Å². The fourth-order valence-electron chi connectivity index (χ4n) is 1.81. The predicted molar refractivity (Wildman–Crippen MR) is 77.6 cm³/mol. The van der Waals surface area contributed by atoms with Crippen molar-refractivity contribution < 1.29 is 0 Å². The normalized spacial score (nSPS) is 11.7. The van der Waals surface area contributed by atoms with Gasteiger partial charge in [0.15, 0.2) is 0 Å². The number of benzene rings is 1. The first-order valence-corrected chi connectivity index (χ1v) is 6.87. The van der Waals surface area contributed by atoms with Crippen molar-refractivity contribution in [2.24, 2.45) is 0 Å². The Kier molecular flexibility index (Phi) is 3.68. The van der Waals surface area contributed by atoms with Crippen molar-refractivity contribution in [1.82, 2.24) is 10.3 Å². The molecule has 0 radical (unpaired) electrons. The minimum atomic E-state index is -0.135. The second-order valence-electron chi connectivity index (χ2n) is 5.02. The first-order valence-electron chi connectivity index (χ1n) is 5.99. The molecule has 4 heteroatoms. The number of rotatable bonds is 4. The quantitative estimate of drug-likeness (QED) is 0.832. The van der Waals surface area contributed by atoms with E-state index in [1.807, 2.05) is 23.7 Å². The smallest absolute Gasteiger partial charge is 0.112 e. The molecule has 2 aromatic rings. The Balaban J connectivity index is 2.09. The molecular weight excluding hydrogens is 242 g/mol. The Morgan fingerprint density at radius 3 is 2.83 bits per heavy atom. The third-order valence-electron chi connectivity index (χ3n) is 2.99. The molecule has 0 aliphatic heterocycles. The van der Waals surface area contributed by atoms with Gasteiger partial charge in [-0.25, -0.2) is 4.98 Å². The van der Waals surface area contributed by atoms with E-state index in [2.05, 4.69) is 37.1 Å². The number of hydrogen-bond acceptors (Lipinski definition) is 4. The van der Waals surface area contributed by atoms with Gasteiger partial charge in [-0.2, -0.15) is 0 Å². The highest BCUT2D eigenvalue weighted by Gasteiger charge is 2.22. The number of nitrogen functional groups attached to an aromatic ring is 1. The Morgan fingerprint density at radius 1 is 1.39 bits per heavy atom. The molecule has 1 aromatic heterocycles. The molecule has 1 aromatic carbocycles. The van der Waals surface area contributed by atoms with Crippen LogP contribution < -0.4 is 11.1 Å². The van der Waals surface area contributed by atoms with Gasteiger partial charge in [-0.3, -0.25) is 0 Å². The second-order valence-corrected chi connectivity index (χ2v) is 5.91. The molecule has 2 rings (SSSR count). The summed E-state index contributed by atoms with van der Waals surface area (Å²) in [6, 6.07) is 6.12. The maximum Gasteiger partial charge on any atom is 0.112 e. The zero-order valence-electron chi connectivity index (χ0n) is 11.0. The molecule has 0 fully saturated rings. The van der Waals surface area contributed by atoms with Crippen molar-refractivity contribution in [2.75, 3.05) is 5.73 Å². The first-order chi connectivity index (χ1) is 8.49. The van der Waals surface area contributed by atoms with Crippen molar-refractivity contribution >= 4 is 17.0 Å². The van der Waals surface area contributed by atoms with Gasteiger partial charge in [-0.1, -0.05) is 17.7 Å². The van der Waals surface area contributed by atoms with Gasteiger partial charge in [0.25, 0.3) is 0 Å². The van der Waals surface area contributed by atoms with E-state index in [-0.39, 0.29) is 5.54 Å². The number of aromatic nitrogens is 1. The van der Waals surface area contributed by atoms with Gasteiger partial charge in [-0.15, -0.1) is 11.3 Å². The van der Waals surface area contributed by atoms with Crippen LogP contribution in [0.15, 0.2) is 29.8 Å². The van der Waals surface area contributed by atoms with Crippen LogP contribution in [-0.4, -0.2) is 4.98 Å². The van der Waals surface area contributed by atoms with Gasteiger partial charge >= 0.3 is 0 Å². The minimum absolute atomic E-state index is 0.135. The molecule has 0 amide bonds. The summed E-state index contributed by atoms with van der Waals surface area (Å²) in [5.74, 6) is 0. The van der Waals surface area contributed by atoms with Crippen LogP contribution >= 0.6 is 11.3 Å². The van der Waals surface area contributed by atoms with E-state index in [1.165, 1.54) is 5.56 Å². The third-order valence-corrected chi connectivity index (χ3v) is 4.08. The predicted octanol–water partition coefficient (Wildman–Crippen LogP) is 3.06. The van der Waals surface area contributed by atoms with Crippen LogP contribution in [-0.2, 0) is 12.1 Å².